The average Bonchev–Trinajstić information content (AvgIpc) is 2.63. The van der Waals surface area contributed by atoms with Gasteiger partial charge in [-0.1, -0.05) is 13.0 Å². The number of aromatic nitrogens is 1. The largest absolute Gasteiger partial charge is 0.355 e. The van der Waals surface area contributed by atoms with Crippen LogP contribution in [0.4, 0.5) is 5.82 Å². The number of Topliss-reactive ketones (excluding diaryl/α,β-unsaturated/α-hetero) is 1. The van der Waals surface area contributed by atoms with Crippen molar-refractivity contribution in [3.05, 3.63) is 23.9 Å². The predicted octanol–water partition coefficient (Wildman–Crippen LogP) is 1.82. The SMILES string of the molecule is CCC(=O)c1cccc(N2CCCN(C)CC2)n1. The third kappa shape index (κ3) is 3.07. The number of anilines is 1. The lowest BCUT2D eigenvalue weighted by atomic mass is 10.2. The fourth-order valence-corrected chi connectivity index (χ4v) is 2.21. The van der Waals surface area contributed by atoms with E-state index in [2.05, 4.69) is 21.8 Å². The van der Waals surface area contributed by atoms with E-state index in [0.29, 0.717) is 12.1 Å². The Kier molecular flexibility index (Phi) is 4.31. The molecule has 2 rings (SSSR count). The van der Waals surface area contributed by atoms with Crippen molar-refractivity contribution in [1.82, 2.24) is 9.88 Å². The van der Waals surface area contributed by atoms with Gasteiger partial charge in [-0.25, -0.2) is 4.98 Å². The first kappa shape index (κ1) is 13.0. The molecular weight excluding hydrogens is 226 g/mol. The molecule has 4 nitrogen and oxygen atoms in total. The van der Waals surface area contributed by atoms with Gasteiger partial charge in [0.2, 0.25) is 0 Å². The second-order valence-electron chi connectivity index (χ2n) is 4.80. The molecule has 0 spiro atoms. The molecule has 1 saturated heterocycles. The van der Waals surface area contributed by atoms with Gasteiger partial charge < -0.3 is 9.80 Å². The highest BCUT2D eigenvalue weighted by atomic mass is 16.1. The van der Waals surface area contributed by atoms with E-state index in [9.17, 15) is 4.79 Å². The van der Waals surface area contributed by atoms with Crippen LogP contribution in [0.2, 0.25) is 0 Å². The third-order valence-electron chi connectivity index (χ3n) is 3.38. The van der Waals surface area contributed by atoms with E-state index in [4.69, 9.17) is 0 Å². The maximum atomic E-state index is 11.7. The summed E-state index contributed by atoms with van der Waals surface area (Å²) < 4.78 is 0. The molecule has 1 aliphatic rings. The summed E-state index contributed by atoms with van der Waals surface area (Å²) in [7, 11) is 2.15. The summed E-state index contributed by atoms with van der Waals surface area (Å²) >= 11 is 0. The fourth-order valence-electron chi connectivity index (χ4n) is 2.21. The Bertz CT molecular complexity index is 419. The summed E-state index contributed by atoms with van der Waals surface area (Å²) in [5, 5.41) is 0. The number of hydrogen-bond acceptors (Lipinski definition) is 4. The number of carbonyl (C=O) groups excluding carboxylic acids is 1. The normalized spacial score (nSPS) is 17.6. The minimum atomic E-state index is 0.115. The van der Waals surface area contributed by atoms with Crippen LogP contribution in [-0.4, -0.2) is 48.9 Å². The van der Waals surface area contributed by atoms with Gasteiger partial charge >= 0.3 is 0 Å². The Balaban J connectivity index is 2.14. The molecule has 0 amide bonds. The molecule has 0 aliphatic carbocycles. The molecule has 0 bridgehead atoms. The van der Waals surface area contributed by atoms with Crippen molar-refractivity contribution >= 4 is 11.6 Å². The number of hydrogen-bond donors (Lipinski definition) is 0. The summed E-state index contributed by atoms with van der Waals surface area (Å²) in [6, 6.07) is 5.73. The zero-order valence-corrected chi connectivity index (χ0v) is 11.2. The van der Waals surface area contributed by atoms with Crippen LogP contribution in [0.3, 0.4) is 0 Å². The van der Waals surface area contributed by atoms with E-state index < -0.39 is 0 Å². The molecule has 98 valence electrons. The first-order valence-corrected chi connectivity index (χ1v) is 6.64. The molecule has 0 saturated carbocycles. The second-order valence-corrected chi connectivity index (χ2v) is 4.80. The van der Waals surface area contributed by atoms with Crippen molar-refractivity contribution in [2.75, 3.05) is 38.1 Å². The number of ketones is 1. The van der Waals surface area contributed by atoms with Gasteiger partial charge in [0.25, 0.3) is 0 Å². The first-order chi connectivity index (χ1) is 8.70. The number of carbonyl (C=O) groups is 1. The quantitative estimate of drug-likeness (QED) is 0.763. The molecule has 4 heteroatoms. The number of nitrogens with zero attached hydrogens (tertiary/aromatic N) is 3. The highest BCUT2D eigenvalue weighted by Crippen LogP contribution is 2.14. The molecule has 0 atom stereocenters. The first-order valence-electron chi connectivity index (χ1n) is 6.64. The van der Waals surface area contributed by atoms with Gasteiger partial charge in [-0.15, -0.1) is 0 Å². The minimum absolute atomic E-state index is 0.115. The molecule has 0 radical (unpaired) electrons. The van der Waals surface area contributed by atoms with E-state index in [-0.39, 0.29) is 5.78 Å². The molecular formula is C14H21N3O. The molecule has 0 aromatic carbocycles. The lowest BCUT2D eigenvalue weighted by Gasteiger charge is -2.21. The van der Waals surface area contributed by atoms with Crippen LogP contribution < -0.4 is 4.90 Å². The Morgan fingerprint density at radius 3 is 2.89 bits per heavy atom. The van der Waals surface area contributed by atoms with Gasteiger partial charge in [0.1, 0.15) is 11.5 Å². The maximum absolute atomic E-state index is 11.7. The van der Waals surface area contributed by atoms with Crippen LogP contribution in [0.25, 0.3) is 0 Å². The topological polar surface area (TPSA) is 36.4 Å². The van der Waals surface area contributed by atoms with E-state index in [1.807, 2.05) is 19.1 Å². The zero-order chi connectivity index (χ0) is 13.0. The van der Waals surface area contributed by atoms with E-state index in [1.54, 1.807) is 6.07 Å². The second kappa shape index (κ2) is 5.96. The Hall–Kier alpha value is -1.42. The number of likely N-dealkylation sites (N-methyl/N-ethyl adjacent to an activating group) is 1. The molecule has 2 heterocycles. The summed E-state index contributed by atoms with van der Waals surface area (Å²) in [4.78, 5) is 20.8. The Labute approximate surface area is 109 Å². The van der Waals surface area contributed by atoms with Gasteiger partial charge in [0.15, 0.2) is 5.78 Å². The Morgan fingerprint density at radius 1 is 1.28 bits per heavy atom. The monoisotopic (exact) mass is 247 g/mol. The lowest BCUT2D eigenvalue weighted by molar-refractivity contribution is 0.0983. The van der Waals surface area contributed by atoms with Crippen LogP contribution in [0, 0.1) is 0 Å². The van der Waals surface area contributed by atoms with Crippen LogP contribution in [-0.2, 0) is 0 Å². The van der Waals surface area contributed by atoms with E-state index in [1.165, 1.54) is 0 Å². The van der Waals surface area contributed by atoms with E-state index >= 15 is 0 Å². The van der Waals surface area contributed by atoms with Crippen molar-refractivity contribution in [3.63, 3.8) is 0 Å². The molecule has 1 aromatic rings. The molecule has 18 heavy (non-hydrogen) atoms. The summed E-state index contributed by atoms with van der Waals surface area (Å²) in [5.74, 6) is 1.05. The minimum Gasteiger partial charge on any atom is -0.355 e. The predicted molar refractivity (Wildman–Crippen MR) is 73.2 cm³/mol. The van der Waals surface area contributed by atoms with Gasteiger partial charge in [-0.05, 0) is 32.1 Å². The van der Waals surface area contributed by atoms with Gasteiger partial charge in [-0.3, -0.25) is 4.79 Å². The average molecular weight is 247 g/mol. The lowest BCUT2D eigenvalue weighted by Crippen LogP contribution is -2.29. The summed E-state index contributed by atoms with van der Waals surface area (Å²) in [5.41, 5.74) is 0.590. The van der Waals surface area contributed by atoms with Gasteiger partial charge in [0, 0.05) is 26.1 Å². The highest BCUT2D eigenvalue weighted by Gasteiger charge is 2.14. The smallest absolute Gasteiger partial charge is 0.180 e. The summed E-state index contributed by atoms with van der Waals surface area (Å²) in [6.45, 7) is 6.05. The standard InChI is InChI=1S/C14H21N3O/c1-3-13(18)12-6-4-7-14(15-12)17-9-5-8-16(2)10-11-17/h4,6-7H,3,5,8-11H2,1-2H3. The van der Waals surface area contributed by atoms with Crippen molar-refractivity contribution < 1.29 is 4.79 Å². The molecule has 1 aliphatic heterocycles. The van der Waals surface area contributed by atoms with Crippen molar-refractivity contribution in [1.29, 1.82) is 0 Å². The third-order valence-corrected chi connectivity index (χ3v) is 3.38. The van der Waals surface area contributed by atoms with Gasteiger partial charge in [-0.2, -0.15) is 0 Å². The zero-order valence-electron chi connectivity index (χ0n) is 11.2. The van der Waals surface area contributed by atoms with Crippen LogP contribution in [0.5, 0.6) is 0 Å². The van der Waals surface area contributed by atoms with Crippen molar-refractivity contribution in [2.45, 2.75) is 19.8 Å². The van der Waals surface area contributed by atoms with Crippen LogP contribution in [0.1, 0.15) is 30.3 Å². The summed E-state index contributed by atoms with van der Waals surface area (Å²) in [6.07, 6.45) is 1.66. The molecule has 1 fully saturated rings. The molecule has 0 N–H and O–H groups in total. The molecule has 1 aromatic heterocycles. The van der Waals surface area contributed by atoms with E-state index in [0.717, 1.165) is 38.4 Å². The van der Waals surface area contributed by atoms with Crippen LogP contribution >= 0.6 is 0 Å². The maximum Gasteiger partial charge on any atom is 0.180 e. The number of pyridine rings is 1. The number of rotatable bonds is 3. The Morgan fingerprint density at radius 2 is 2.11 bits per heavy atom. The van der Waals surface area contributed by atoms with Crippen molar-refractivity contribution in [3.8, 4) is 0 Å². The highest BCUT2D eigenvalue weighted by molar-refractivity contribution is 5.94. The van der Waals surface area contributed by atoms with Crippen LogP contribution in [0.15, 0.2) is 18.2 Å². The van der Waals surface area contributed by atoms with Crippen molar-refractivity contribution in [2.24, 2.45) is 0 Å². The fraction of sp³-hybridized carbons (Fsp3) is 0.571. The van der Waals surface area contributed by atoms with Gasteiger partial charge in [0.05, 0.1) is 0 Å². The molecule has 0 unspecified atom stereocenters.